The van der Waals surface area contributed by atoms with E-state index in [2.05, 4.69) is 21.5 Å². The number of hydrogen-bond donors (Lipinski definition) is 1. The smallest absolute Gasteiger partial charge is 0.178 e. The quantitative estimate of drug-likeness (QED) is 0.865. The maximum Gasteiger partial charge on any atom is 0.178 e. The summed E-state index contributed by atoms with van der Waals surface area (Å²) >= 11 is 11.5. The van der Waals surface area contributed by atoms with Gasteiger partial charge in [-0.25, -0.2) is 0 Å². The lowest BCUT2D eigenvalue weighted by Crippen LogP contribution is -2.41. The number of H-pyrrole nitrogens is 1. The van der Waals surface area contributed by atoms with Crippen molar-refractivity contribution >= 4 is 34.9 Å². The van der Waals surface area contributed by atoms with Crippen molar-refractivity contribution in [3.05, 3.63) is 28.0 Å². The van der Waals surface area contributed by atoms with E-state index in [1.54, 1.807) is 0 Å². The number of nitrogens with one attached hydrogen (secondary N) is 1. The van der Waals surface area contributed by atoms with Gasteiger partial charge in [-0.05, 0) is 37.5 Å². The van der Waals surface area contributed by atoms with E-state index < -0.39 is 0 Å². The molecule has 1 saturated heterocycles. The van der Waals surface area contributed by atoms with Crippen LogP contribution in [0, 0.1) is 4.77 Å². The zero-order chi connectivity index (χ0) is 13.4. The van der Waals surface area contributed by atoms with E-state index in [0.717, 1.165) is 42.3 Å². The van der Waals surface area contributed by atoms with Gasteiger partial charge in [0.25, 0.3) is 0 Å². The Balaban J connectivity index is 1.93. The van der Waals surface area contributed by atoms with E-state index in [1.165, 1.54) is 0 Å². The summed E-state index contributed by atoms with van der Waals surface area (Å²) in [4.78, 5) is 5.48. The van der Waals surface area contributed by atoms with Crippen molar-refractivity contribution in [1.29, 1.82) is 0 Å². The van der Waals surface area contributed by atoms with Gasteiger partial charge in [-0.1, -0.05) is 11.6 Å². The molecular weight excluding hydrogens is 282 g/mol. The third-order valence-corrected chi connectivity index (χ3v) is 4.02. The van der Waals surface area contributed by atoms with Crippen LogP contribution in [0.4, 0.5) is 0 Å². The number of aromatic nitrogens is 2. The van der Waals surface area contributed by atoms with Crippen LogP contribution in [-0.4, -0.2) is 47.3 Å². The monoisotopic (exact) mass is 297 g/mol. The first-order valence-electron chi connectivity index (χ1n) is 6.32. The zero-order valence-corrected chi connectivity index (χ0v) is 12.3. The zero-order valence-electron chi connectivity index (χ0n) is 10.7. The second-order valence-electron chi connectivity index (χ2n) is 4.96. The topological polar surface area (TPSA) is 33.2 Å². The van der Waals surface area contributed by atoms with E-state index in [0.29, 0.717) is 4.77 Å². The highest BCUT2D eigenvalue weighted by molar-refractivity contribution is 7.71. The summed E-state index contributed by atoms with van der Waals surface area (Å²) in [7, 11) is 2.11. The fourth-order valence-corrected chi connectivity index (χ4v) is 2.94. The number of fused-ring (bicyclic) bond motifs is 1. The molecule has 0 spiro atoms. The Bertz CT molecular complexity index is 651. The van der Waals surface area contributed by atoms with Crippen LogP contribution in [0.3, 0.4) is 0 Å². The predicted molar refractivity (Wildman–Crippen MR) is 79.4 cm³/mol. The normalized spacial score (nSPS) is 21.1. The standard InChI is InChI=1S/C13H16ClN3OS/c1-16-4-5-18-10(7-16)8-17-12-6-9(14)2-3-11(12)15-13(17)19/h2-3,6,10H,4-5,7-8H2,1H3,(H,15,19). The maximum absolute atomic E-state index is 6.07. The van der Waals surface area contributed by atoms with Crippen LogP contribution in [0.25, 0.3) is 11.0 Å². The van der Waals surface area contributed by atoms with E-state index in [9.17, 15) is 0 Å². The number of rotatable bonds is 2. The van der Waals surface area contributed by atoms with Gasteiger partial charge in [0.05, 0.1) is 30.3 Å². The first-order chi connectivity index (χ1) is 9.13. The van der Waals surface area contributed by atoms with Gasteiger partial charge in [0, 0.05) is 18.1 Å². The summed E-state index contributed by atoms with van der Waals surface area (Å²) in [5.41, 5.74) is 2.05. The first-order valence-corrected chi connectivity index (χ1v) is 7.10. The van der Waals surface area contributed by atoms with Crippen molar-refractivity contribution < 1.29 is 4.74 Å². The Hall–Kier alpha value is -0.880. The Kier molecular flexibility index (Phi) is 3.62. The summed E-state index contributed by atoms with van der Waals surface area (Å²) in [6.07, 6.45) is 0.170. The average Bonchev–Trinajstić information content (AvgIpc) is 2.66. The molecule has 1 N–H and O–H groups in total. The summed E-state index contributed by atoms with van der Waals surface area (Å²) in [5, 5.41) is 0.719. The third-order valence-electron chi connectivity index (χ3n) is 3.47. The van der Waals surface area contributed by atoms with E-state index in [-0.39, 0.29) is 6.10 Å². The van der Waals surface area contributed by atoms with Crippen LogP contribution in [0.15, 0.2) is 18.2 Å². The minimum Gasteiger partial charge on any atom is -0.374 e. The van der Waals surface area contributed by atoms with Gasteiger partial charge in [0.15, 0.2) is 4.77 Å². The van der Waals surface area contributed by atoms with Gasteiger partial charge < -0.3 is 19.2 Å². The van der Waals surface area contributed by atoms with Gasteiger partial charge in [-0.15, -0.1) is 0 Å². The predicted octanol–water partition coefficient (Wildman–Crippen LogP) is 2.68. The van der Waals surface area contributed by atoms with E-state index in [1.807, 2.05) is 18.2 Å². The molecule has 1 fully saturated rings. The lowest BCUT2D eigenvalue weighted by Gasteiger charge is -2.30. The molecule has 0 amide bonds. The summed E-state index contributed by atoms with van der Waals surface area (Å²) in [6, 6.07) is 5.76. The molecule has 2 heterocycles. The molecule has 0 aliphatic carbocycles. The second-order valence-corrected chi connectivity index (χ2v) is 5.78. The molecule has 6 heteroatoms. The number of morpholine rings is 1. The van der Waals surface area contributed by atoms with E-state index in [4.69, 9.17) is 28.6 Å². The van der Waals surface area contributed by atoms with Crippen LogP contribution in [0.5, 0.6) is 0 Å². The van der Waals surface area contributed by atoms with Crippen LogP contribution in [0.1, 0.15) is 0 Å². The Morgan fingerprint density at radius 2 is 2.37 bits per heavy atom. The van der Waals surface area contributed by atoms with Gasteiger partial charge >= 0.3 is 0 Å². The molecule has 0 bridgehead atoms. The largest absolute Gasteiger partial charge is 0.374 e. The van der Waals surface area contributed by atoms with Gasteiger partial charge in [0.1, 0.15) is 0 Å². The molecule has 102 valence electrons. The number of halogens is 1. The SMILES string of the molecule is CN1CCOC(Cn2c(=S)[nH]c3ccc(Cl)cc32)C1. The van der Waals surface area contributed by atoms with Crippen molar-refractivity contribution in [2.45, 2.75) is 12.6 Å². The maximum atomic E-state index is 6.07. The fourth-order valence-electron chi connectivity index (χ4n) is 2.49. The highest BCUT2D eigenvalue weighted by Gasteiger charge is 2.19. The molecule has 1 aliphatic heterocycles. The minimum absolute atomic E-state index is 0.170. The number of imidazole rings is 1. The molecule has 2 aromatic rings. The molecule has 1 atom stereocenters. The average molecular weight is 298 g/mol. The van der Waals surface area contributed by atoms with Gasteiger partial charge in [0.2, 0.25) is 0 Å². The number of ether oxygens (including phenoxy) is 1. The van der Waals surface area contributed by atoms with E-state index >= 15 is 0 Å². The number of likely N-dealkylation sites (N-methyl/N-ethyl adjacent to an activating group) is 1. The molecule has 4 nitrogen and oxygen atoms in total. The molecular formula is C13H16ClN3OS. The van der Waals surface area contributed by atoms with Crippen molar-refractivity contribution in [2.75, 3.05) is 26.7 Å². The van der Waals surface area contributed by atoms with Crippen molar-refractivity contribution in [1.82, 2.24) is 14.5 Å². The number of nitrogens with zero attached hydrogens (tertiary/aromatic N) is 2. The second kappa shape index (κ2) is 5.25. The summed E-state index contributed by atoms with van der Waals surface area (Å²) in [5.74, 6) is 0. The van der Waals surface area contributed by atoms with Crippen molar-refractivity contribution in [3.63, 3.8) is 0 Å². The molecule has 1 aliphatic rings. The summed E-state index contributed by atoms with van der Waals surface area (Å²) in [6.45, 7) is 3.44. The summed E-state index contributed by atoms with van der Waals surface area (Å²) < 4.78 is 8.59. The molecule has 3 rings (SSSR count). The van der Waals surface area contributed by atoms with Crippen LogP contribution in [-0.2, 0) is 11.3 Å². The van der Waals surface area contributed by atoms with Crippen molar-refractivity contribution in [2.24, 2.45) is 0 Å². The molecule has 1 unspecified atom stereocenters. The molecule has 1 aromatic carbocycles. The Labute approximate surface area is 121 Å². The Morgan fingerprint density at radius 3 is 3.16 bits per heavy atom. The lowest BCUT2D eigenvalue weighted by atomic mass is 10.2. The third kappa shape index (κ3) is 2.69. The minimum atomic E-state index is 0.170. The molecule has 0 saturated carbocycles. The Morgan fingerprint density at radius 1 is 1.53 bits per heavy atom. The van der Waals surface area contributed by atoms with Crippen molar-refractivity contribution in [3.8, 4) is 0 Å². The first kappa shape index (κ1) is 13.1. The number of aromatic amines is 1. The van der Waals surface area contributed by atoms with Gasteiger partial charge in [-0.3, -0.25) is 0 Å². The highest BCUT2D eigenvalue weighted by Crippen LogP contribution is 2.20. The van der Waals surface area contributed by atoms with Crippen LogP contribution >= 0.6 is 23.8 Å². The molecule has 1 aromatic heterocycles. The number of hydrogen-bond acceptors (Lipinski definition) is 3. The molecule has 19 heavy (non-hydrogen) atoms. The molecule has 0 radical (unpaired) electrons. The number of benzene rings is 1. The van der Waals surface area contributed by atoms with Gasteiger partial charge in [-0.2, -0.15) is 0 Å². The van der Waals surface area contributed by atoms with Crippen LogP contribution in [0.2, 0.25) is 5.02 Å². The lowest BCUT2D eigenvalue weighted by molar-refractivity contribution is -0.0271. The fraction of sp³-hybridized carbons (Fsp3) is 0.462. The van der Waals surface area contributed by atoms with Crippen LogP contribution < -0.4 is 0 Å². The highest BCUT2D eigenvalue weighted by atomic mass is 35.5.